The van der Waals surface area contributed by atoms with Crippen molar-refractivity contribution in [3.8, 4) is 0 Å². The maximum absolute atomic E-state index is 12.3. The maximum Gasteiger partial charge on any atom is 0.289 e. The summed E-state index contributed by atoms with van der Waals surface area (Å²) in [5.41, 5.74) is -0.0196. The molecule has 1 unspecified atom stereocenters. The van der Waals surface area contributed by atoms with E-state index in [-0.39, 0.29) is 28.7 Å². The van der Waals surface area contributed by atoms with Gasteiger partial charge in [0.25, 0.3) is 5.69 Å². The number of thioether (sulfide) groups is 1. The number of hydrogen-bond donors (Lipinski definition) is 1. The van der Waals surface area contributed by atoms with E-state index in [9.17, 15) is 19.7 Å². The second-order valence-electron chi connectivity index (χ2n) is 5.29. The molecule has 0 saturated carbocycles. The molecule has 8 nitrogen and oxygen atoms in total. The fourth-order valence-corrected chi connectivity index (χ4v) is 3.86. The average Bonchev–Trinajstić information content (AvgIpc) is 2.85. The van der Waals surface area contributed by atoms with Gasteiger partial charge in [0.05, 0.1) is 4.92 Å². The summed E-state index contributed by atoms with van der Waals surface area (Å²) in [5.74, 6) is -0.506. The Labute approximate surface area is 146 Å². The summed E-state index contributed by atoms with van der Waals surface area (Å²) >= 11 is 7.02. The summed E-state index contributed by atoms with van der Waals surface area (Å²) in [6, 6.07) is 4.02. The minimum Gasteiger partial charge on any atom is -0.326 e. The summed E-state index contributed by atoms with van der Waals surface area (Å²) in [7, 11) is 0. The van der Waals surface area contributed by atoms with Crippen molar-refractivity contribution in [2.24, 2.45) is 4.99 Å². The van der Waals surface area contributed by atoms with E-state index in [1.165, 1.54) is 30.0 Å². The smallest absolute Gasteiger partial charge is 0.289 e. The van der Waals surface area contributed by atoms with Crippen molar-refractivity contribution in [3.63, 3.8) is 0 Å². The molecule has 2 aliphatic rings. The number of nitro benzene ring substituents is 1. The zero-order chi connectivity index (χ0) is 17.3. The van der Waals surface area contributed by atoms with Gasteiger partial charge in [-0.3, -0.25) is 29.6 Å². The minimum atomic E-state index is -0.621. The molecule has 0 radical (unpaired) electrons. The van der Waals surface area contributed by atoms with Gasteiger partial charge < -0.3 is 5.32 Å². The van der Waals surface area contributed by atoms with Crippen LogP contribution in [0.15, 0.2) is 23.2 Å². The summed E-state index contributed by atoms with van der Waals surface area (Å²) in [4.78, 5) is 40.5. The number of hydrogen-bond acceptors (Lipinski definition) is 6. The number of fused-ring (bicyclic) bond motifs is 1. The van der Waals surface area contributed by atoms with Crippen molar-refractivity contribution < 1.29 is 14.5 Å². The van der Waals surface area contributed by atoms with Crippen LogP contribution in [0.5, 0.6) is 0 Å². The molecule has 1 saturated heterocycles. The number of nitrogens with one attached hydrogen (secondary N) is 1. The molecule has 0 aliphatic carbocycles. The molecule has 2 aliphatic heterocycles. The van der Waals surface area contributed by atoms with E-state index < -0.39 is 16.1 Å². The topological polar surface area (TPSA) is 105 Å². The zero-order valence-electron chi connectivity index (χ0n) is 12.4. The van der Waals surface area contributed by atoms with Gasteiger partial charge >= 0.3 is 0 Å². The Kier molecular flexibility index (Phi) is 4.72. The van der Waals surface area contributed by atoms with Crippen LogP contribution in [0, 0.1) is 10.1 Å². The van der Waals surface area contributed by atoms with E-state index in [4.69, 9.17) is 11.6 Å². The van der Waals surface area contributed by atoms with Crippen molar-refractivity contribution in [3.05, 3.63) is 33.3 Å². The van der Waals surface area contributed by atoms with Gasteiger partial charge in [-0.2, -0.15) is 0 Å². The van der Waals surface area contributed by atoms with Crippen LogP contribution in [-0.4, -0.2) is 45.1 Å². The van der Waals surface area contributed by atoms with Crippen LogP contribution < -0.4 is 5.32 Å². The molecule has 126 valence electrons. The van der Waals surface area contributed by atoms with E-state index in [0.29, 0.717) is 18.3 Å². The van der Waals surface area contributed by atoms with Crippen LogP contribution in [0.2, 0.25) is 5.02 Å². The normalized spacial score (nSPS) is 19.7. The lowest BCUT2D eigenvalue weighted by molar-refractivity contribution is -0.384. The lowest BCUT2D eigenvalue weighted by atomic mass is 10.2. The molecule has 1 aromatic carbocycles. The number of rotatable bonds is 4. The van der Waals surface area contributed by atoms with Crippen molar-refractivity contribution in [2.75, 3.05) is 18.4 Å². The number of nitro groups is 1. The molecule has 1 atom stereocenters. The molecular formula is C14H13ClN4O4S. The third kappa shape index (κ3) is 3.36. The Bertz CT molecular complexity index is 754. The van der Waals surface area contributed by atoms with E-state index in [2.05, 4.69) is 10.3 Å². The molecule has 0 spiro atoms. The molecular weight excluding hydrogens is 356 g/mol. The van der Waals surface area contributed by atoms with Crippen molar-refractivity contribution in [1.29, 1.82) is 0 Å². The lowest BCUT2D eigenvalue weighted by Gasteiger charge is -2.19. The summed E-state index contributed by atoms with van der Waals surface area (Å²) < 4.78 is 0. The number of amidine groups is 1. The van der Waals surface area contributed by atoms with Crippen molar-refractivity contribution in [1.82, 2.24) is 4.90 Å². The first-order chi connectivity index (χ1) is 11.5. The van der Waals surface area contributed by atoms with Crippen LogP contribution in [0.25, 0.3) is 0 Å². The maximum atomic E-state index is 12.3. The van der Waals surface area contributed by atoms with Gasteiger partial charge in [0.2, 0.25) is 11.8 Å². The molecule has 0 bridgehead atoms. The summed E-state index contributed by atoms with van der Waals surface area (Å²) in [5, 5.41) is 13.6. The van der Waals surface area contributed by atoms with Crippen LogP contribution >= 0.6 is 23.4 Å². The third-order valence-electron chi connectivity index (χ3n) is 3.60. The standard InChI is InChI=1S/C14H13ClN4O4S/c15-9-3-2-8(6-10(9)19(22)23)17-12(20)7-11-13(21)18-5-1-4-16-14(18)24-11/h2-3,6,11H,1,4-5,7H2,(H,17,20). The molecule has 1 fully saturated rings. The summed E-state index contributed by atoms with van der Waals surface area (Å²) in [6.45, 7) is 1.33. The molecule has 1 N–H and O–H groups in total. The first kappa shape index (κ1) is 16.7. The number of benzene rings is 1. The van der Waals surface area contributed by atoms with Gasteiger partial charge in [-0.25, -0.2) is 0 Å². The van der Waals surface area contributed by atoms with Gasteiger partial charge in [-0.05, 0) is 18.6 Å². The van der Waals surface area contributed by atoms with E-state index in [1.54, 1.807) is 4.90 Å². The molecule has 10 heteroatoms. The Morgan fingerprint density at radius 1 is 1.54 bits per heavy atom. The van der Waals surface area contributed by atoms with Gasteiger partial charge in [0, 0.05) is 31.3 Å². The Morgan fingerprint density at radius 3 is 3.04 bits per heavy atom. The molecule has 24 heavy (non-hydrogen) atoms. The Hall–Kier alpha value is -2.13. The molecule has 2 heterocycles. The largest absolute Gasteiger partial charge is 0.326 e. The van der Waals surface area contributed by atoms with E-state index >= 15 is 0 Å². The summed E-state index contributed by atoms with van der Waals surface area (Å²) in [6.07, 6.45) is 0.804. The second kappa shape index (κ2) is 6.78. The van der Waals surface area contributed by atoms with Crippen LogP contribution in [0.4, 0.5) is 11.4 Å². The lowest BCUT2D eigenvalue weighted by Crippen LogP contribution is -2.36. The highest BCUT2D eigenvalue weighted by atomic mass is 35.5. The first-order valence-corrected chi connectivity index (χ1v) is 8.48. The third-order valence-corrected chi connectivity index (χ3v) is 5.14. The van der Waals surface area contributed by atoms with Gasteiger partial charge in [0.1, 0.15) is 10.3 Å². The number of anilines is 1. The molecule has 0 aromatic heterocycles. The van der Waals surface area contributed by atoms with E-state index in [0.717, 1.165) is 6.42 Å². The Balaban J connectivity index is 1.65. The second-order valence-corrected chi connectivity index (χ2v) is 6.87. The fraction of sp³-hybridized carbons (Fsp3) is 0.357. The Morgan fingerprint density at radius 2 is 2.33 bits per heavy atom. The number of aliphatic imine (C=N–C) groups is 1. The zero-order valence-corrected chi connectivity index (χ0v) is 14.0. The SMILES string of the molecule is O=C(CC1SC2=NCCCN2C1=O)Nc1ccc(Cl)c([N+](=O)[O-])c1. The fourth-order valence-electron chi connectivity index (χ4n) is 2.48. The van der Waals surface area contributed by atoms with Gasteiger partial charge in [-0.1, -0.05) is 23.4 Å². The predicted octanol–water partition coefficient (Wildman–Crippen LogP) is 2.28. The molecule has 3 rings (SSSR count). The van der Waals surface area contributed by atoms with E-state index in [1.807, 2.05) is 0 Å². The highest BCUT2D eigenvalue weighted by Gasteiger charge is 2.39. The highest BCUT2D eigenvalue weighted by Crippen LogP contribution is 2.32. The minimum absolute atomic E-state index is 0.00517. The van der Waals surface area contributed by atoms with Crippen LogP contribution in [0.1, 0.15) is 12.8 Å². The van der Waals surface area contributed by atoms with Crippen LogP contribution in [-0.2, 0) is 9.59 Å². The molecule has 2 amide bonds. The van der Waals surface area contributed by atoms with Crippen molar-refractivity contribution in [2.45, 2.75) is 18.1 Å². The van der Waals surface area contributed by atoms with Gasteiger partial charge in [-0.15, -0.1) is 0 Å². The number of nitrogens with zero attached hydrogens (tertiary/aromatic N) is 3. The predicted molar refractivity (Wildman–Crippen MR) is 91.4 cm³/mol. The number of carbonyl (C=O) groups excluding carboxylic acids is 2. The number of amides is 2. The highest BCUT2D eigenvalue weighted by molar-refractivity contribution is 8.15. The van der Waals surface area contributed by atoms with Crippen molar-refractivity contribution >= 4 is 51.7 Å². The molecule has 1 aromatic rings. The monoisotopic (exact) mass is 368 g/mol. The van der Waals surface area contributed by atoms with Gasteiger partial charge in [0.15, 0.2) is 5.17 Å². The van der Waals surface area contributed by atoms with Crippen LogP contribution in [0.3, 0.4) is 0 Å². The number of halogens is 1. The average molecular weight is 369 g/mol. The number of carbonyl (C=O) groups is 2. The quantitative estimate of drug-likeness (QED) is 0.648. The first-order valence-electron chi connectivity index (χ1n) is 7.22.